The Morgan fingerprint density at radius 2 is 2.05 bits per heavy atom. The molecule has 1 saturated heterocycles. The van der Waals surface area contributed by atoms with Crippen molar-refractivity contribution in [1.29, 1.82) is 0 Å². The molecule has 0 radical (unpaired) electrons. The first kappa shape index (κ1) is 14.2. The summed E-state index contributed by atoms with van der Waals surface area (Å²) in [4.78, 5) is 13.5. The van der Waals surface area contributed by atoms with E-state index in [1.807, 2.05) is 11.8 Å². The van der Waals surface area contributed by atoms with Crippen LogP contribution in [-0.4, -0.2) is 36.7 Å². The number of hydrogen-bond acceptors (Lipinski definition) is 3. The number of piperidine rings is 1. The Morgan fingerprint density at radius 1 is 1.29 bits per heavy atom. The largest absolute Gasteiger partial charge is 0.450 e. The Kier molecular flexibility index (Phi) is 4.32. The van der Waals surface area contributed by atoms with Crippen LogP contribution < -0.4 is 5.32 Å². The Labute approximate surface area is 126 Å². The van der Waals surface area contributed by atoms with Crippen LogP contribution in [0.5, 0.6) is 0 Å². The van der Waals surface area contributed by atoms with E-state index in [0.29, 0.717) is 12.6 Å². The second-order valence-corrected chi connectivity index (χ2v) is 5.94. The first-order valence-electron chi connectivity index (χ1n) is 8.06. The first-order chi connectivity index (χ1) is 10.3. The maximum atomic E-state index is 11.7. The molecule has 0 spiro atoms. The maximum absolute atomic E-state index is 11.7. The summed E-state index contributed by atoms with van der Waals surface area (Å²) in [5.74, 6) is 0. The second-order valence-electron chi connectivity index (χ2n) is 5.94. The minimum atomic E-state index is -0.173. The van der Waals surface area contributed by atoms with E-state index in [0.717, 1.165) is 25.9 Å². The van der Waals surface area contributed by atoms with Gasteiger partial charge in [-0.3, -0.25) is 0 Å². The third kappa shape index (κ3) is 3.31. The highest BCUT2D eigenvalue weighted by Crippen LogP contribution is 2.26. The molecule has 114 valence electrons. The minimum absolute atomic E-state index is 0.173. The van der Waals surface area contributed by atoms with Crippen molar-refractivity contribution in [2.45, 2.75) is 45.1 Å². The maximum Gasteiger partial charge on any atom is 0.409 e. The predicted octanol–water partition coefficient (Wildman–Crippen LogP) is 3.21. The van der Waals surface area contributed by atoms with Gasteiger partial charge in [-0.25, -0.2) is 4.79 Å². The fourth-order valence-corrected chi connectivity index (χ4v) is 3.32. The second kappa shape index (κ2) is 6.37. The number of benzene rings is 1. The molecule has 0 aromatic heterocycles. The number of carbonyl (C=O) groups is 1. The van der Waals surface area contributed by atoms with Crippen molar-refractivity contribution >= 4 is 11.8 Å². The highest BCUT2D eigenvalue weighted by Gasteiger charge is 2.23. The molecule has 1 heterocycles. The molecule has 1 aromatic rings. The number of likely N-dealkylation sites (tertiary alicyclic amines) is 1. The number of carbonyl (C=O) groups excluding carboxylic acids is 1. The molecule has 21 heavy (non-hydrogen) atoms. The number of rotatable bonds is 3. The van der Waals surface area contributed by atoms with E-state index in [4.69, 9.17) is 4.74 Å². The van der Waals surface area contributed by atoms with Gasteiger partial charge in [-0.2, -0.15) is 0 Å². The van der Waals surface area contributed by atoms with Crippen LogP contribution in [0.1, 0.15) is 37.3 Å². The van der Waals surface area contributed by atoms with E-state index in [1.165, 1.54) is 36.1 Å². The van der Waals surface area contributed by atoms with Crippen LogP contribution in [0, 0.1) is 0 Å². The summed E-state index contributed by atoms with van der Waals surface area (Å²) in [6.07, 6.45) is 5.52. The van der Waals surface area contributed by atoms with Crippen molar-refractivity contribution in [2.75, 3.05) is 25.0 Å². The van der Waals surface area contributed by atoms with Crippen molar-refractivity contribution in [3.8, 4) is 0 Å². The number of nitrogens with zero attached hydrogens (tertiary/aromatic N) is 1. The molecule has 1 fully saturated rings. The van der Waals surface area contributed by atoms with Gasteiger partial charge in [0.05, 0.1) is 6.61 Å². The lowest BCUT2D eigenvalue weighted by atomic mass is 10.0. The number of amides is 1. The summed E-state index contributed by atoms with van der Waals surface area (Å²) in [6.45, 7) is 3.86. The zero-order valence-corrected chi connectivity index (χ0v) is 12.7. The molecule has 1 amide bonds. The number of ether oxygens (including phenoxy) is 1. The van der Waals surface area contributed by atoms with Crippen LogP contribution in [0.3, 0.4) is 0 Å². The molecule has 0 unspecified atom stereocenters. The molecular formula is C17H24N2O2. The van der Waals surface area contributed by atoms with Gasteiger partial charge in [0.1, 0.15) is 0 Å². The summed E-state index contributed by atoms with van der Waals surface area (Å²) < 4.78 is 5.05. The fourth-order valence-electron chi connectivity index (χ4n) is 3.32. The molecule has 4 heteroatoms. The van der Waals surface area contributed by atoms with Crippen molar-refractivity contribution in [1.82, 2.24) is 4.90 Å². The lowest BCUT2D eigenvalue weighted by molar-refractivity contribution is 0.0983. The van der Waals surface area contributed by atoms with Gasteiger partial charge in [0.15, 0.2) is 0 Å². The number of hydrogen-bond donors (Lipinski definition) is 1. The summed E-state index contributed by atoms with van der Waals surface area (Å²) in [5, 5.41) is 3.62. The van der Waals surface area contributed by atoms with Crippen LogP contribution in [-0.2, 0) is 17.6 Å². The summed E-state index contributed by atoms with van der Waals surface area (Å²) in [6, 6.07) is 7.22. The summed E-state index contributed by atoms with van der Waals surface area (Å²) in [5.41, 5.74) is 4.24. The van der Waals surface area contributed by atoms with E-state index in [9.17, 15) is 4.79 Å². The monoisotopic (exact) mass is 288 g/mol. The highest BCUT2D eigenvalue weighted by atomic mass is 16.6. The topological polar surface area (TPSA) is 41.6 Å². The van der Waals surface area contributed by atoms with E-state index < -0.39 is 0 Å². The Hall–Kier alpha value is -1.71. The van der Waals surface area contributed by atoms with Gasteiger partial charge >= 0.3 is 6.09 Å². The fraction of sp³-hybridized carbons (Fsp3) is 0.588. The van der Waals surface area contributed by atoms with Crippen LogP contribution in [0.2, 0.25) is 0 Å². The zero-order valence-electron chi connectivity index (χ0n) is 12.7. The van der Waals surface area contributed by atoms with E-state index >= 15 is 0 Å². The van der Waals surface area contributed by atoms with Crippen molar-refractivity contribution < 1.29 is 9.53 Å². The molecule has 1 aromatic carbocycles. The SMILES string of the molecule is CCOC(=O)N1CCC(Nc2ccc3c(c2)CCC3)CC1. The lowest BCUT2D eigenvalue weighted by Crippen LogP contribution is -2.42. The third-order valence-corrected chi connectivity index (χ3v) is 4.49. The summed E-state index contributed by atoms with van der Waals surface area (Å²) >= 11 is 0. The highest BCUT2D eigenvalue weighted by molar-refractivity contribution is 5.67. The molecule has 3 rings (SSSR count). The Bertz CT molecular complexity index is 508. The molecule has 2 aliphatic rings. The minimum Gasteiger partial charge on any atom is -0.450 e. The quantitative estimate of drug-likeness (QED) is 0.928. The van der Waals surface area contributed by atoms with Crippen molar-refractivity contribution in [3.63, 3.8) is 0 Å². The van der Waals surface area contributed by atoms with Gasteiger partial charge in [-0.05, 0) is 62.3 Å². The molecule has 1 aliphatic heterocycles. The molecule has 4 nitrogen and oxygen atoms in total. The van der Waals surface area contributed by atoms with Crippen LogP contribution >= 0.6 is 0 Å². The van der Waals surface area contributed by atoms with Gasteiger partial charge in [0.2, 0.25) is 0 Å². The molecule has 1 aliphatic carbocycles. The van der Waals surface area contributed by atoms with Crippen LogP contribution in [0.4, 0.5) is 10.5 Å². The van der Waals surface area contributed by atoms with Gasteiger partial charge in [0.25, 0.3) is 0 Å². The normalized spacial score (nSPS) is 18.4. The van der Waals surface area contributed by atoms with Gasteiger partial charge in [-0.1, -0.05) is 6.07 Å². The Morgan fingerprint density at radius 3 is 2.81 bits per heavy atom. The average molecular weight is 288 g/mol. The molecule has 0 saturated carbocycles. The first-order valence-corrected chi connectivity index (χ1v) is 8.06. The number of anilines is 1. The number of nitrogens with one attached hydrogen (secondary N) is 1. The number of fused-ring (bicyclic) bond motifs is 1. The van der Waals surface area contributed by atoms with Crippen LogP contribution in [0.25, 0.3) is 0 Å². The zero-order chi connectivity index (χ0) is 14.7. The van der Waals surface area contributed by atoms with Gasteiger partial charge in [0, 0.05) is 24.8 Å². The predicted molar refractivity (Wildman–Crippen MR) is 83.7 cm³/mol. The molecule has 0 atom stereocenters. The Balaban J connectivity index is 1.52. The van der Waals surface area contributed by atoms with E-state index in [-0.39, 0.29) is 6.09 Å². The smallest absolute Gasteiger partial charge is 0.409 e. The third-order valence-electron chi connectivity index (χ3n) is 4.49. The van der Waals surface area contributed by atoms with E-state index in [1.54, 1.807) is 0 Å². The van der Waals surface area contributed by atoms with Crippen molar-refractivity contribution in [2.24, 2.45) is 0 Å². The average Bonchev–Trinajstić information content (AvgIpc) is 2.96. The molecule has 0 bridgehead atoms. The summed E-state index contributed by atoms with van der Waals surface area (Å²) in [7, 11) is 0. The molecule has 1 N–H and O–H groups in total. The molecular weight excluding hydrogens is 264 g/mol. The lowest BCUT2D eigenvalue weighted by Gasteiger charge is -2.32. The standard InChI is InChI=1S/C17H24N2O2/c1-2-21-17(20)19-10-8-15(9-11-19)18-16-7-6-13-4-3-5-14(13)12-16/h6-7,12,15,18H,2-5,8-11H2,1H3. The number of aryl methyl sites for hydroxylation is 2. The van der Waals surface area contributed by atoms with Gasteiger partial charge in [-0.15, -0.1) is 0 Å². The van der Waals surface area contributed by atoms with Gasteiger partial charge < -0.3 is 15.0 Å². The van der Waals surface area contributed by atoms with Crippen LogP contribution in [0.15, 0.2) is 18.2 Å². The van der Waals surface area contributed by atoms with E-state index in [2.05, 4.69) is 23.5 Å². The van der Waals surface area contributed by atoms with Crippen molar-refractivity contribution in [3.05, 3.63) is 29.3 Å².